The molecule has 1 aromatic carbocycles. The Morgan fingerprint density at radius 3 is 2.76 bits per heavy atom. The SMILES string of the molecule is CC(C)Oc1ccc2[nH]c(C#N)cc(=O)c2c1. The number of pyridine rings is 1. The number of nitriles is 1. The maximum absolute atomic E-state index is 11.8. The molecule has 1 N–H and O–H groups in total. The van der Waals surface area contributed by atoms with Crippen molar-refractivity contribution >= 4 is 10.9 Å². The van der Waals surface area contributed by atoms with E-state index in [2.05, 4.69) is 4.98 Å². The minimum absolute atomic E-state index is 0.0601. The molecule has 1 aromatic heterocycles. The molecule has 0 unspecified atom stereocenters. The molecule has 4 heteroatoms. The molecule has 0 fully saturated rings. The van der Waals surface area contributed by atoms with Crippen LogP contribution >= 0.6 is 0 Å². The highest BCUT2D eigenvalue weighted by Gasteiger charge is 2.04. The minimum Gasteiger partial charge on any atom is -0.491 e. The molecule has 2 rings (SSSR count). The van der Waals surface area contributed by atoms with Gasteiger partial charge < -0.3 is 9.72 Å². The Hall–Kier alpha value is -2.28. The Kier molecular flexibility index (Phi) is 2.84. The van der Waals surface area contributed by atoms with Gasteiger partial charge in [-0.25, -0.2) is 0 Å². The van der Waals surface area contributed by atoms with Gasteiger partial charge in [0.2, 0.25) is 0 Å². The summed E-state index contributed by atoms with van der Waals surface area (Å²) in [6, 6.07) is 8.43. The maximum atomic E-state index is 11.8. The van der Waals surface area contributed by atoms with Crippen molar-refractivity contribution in [2.75, 3.05) is 0 Å². The molecule has 0 saturated carbocycles. The molecule has 0 aliphatic carbocycles. The fraction of sp³-hybridized carbons (Fsp3) is 0.231. The van der Waals surface area contributed by atoms with E-state index in [9.17, 15) is 4.79 Å². The van der Waals surface area contributed by atoms with Gasteiger partial charge in [-0.2, -0.15) is 5.26 Å². The van der Waals surface area contributed by atoms with E-state index >= 15 is 0 Å². The number of hydrogen-bond donors (Lipinski definition) is 1. The quantitative estimate of drug-likeness (QED) is 0.856. The van der Waals surface area contributed by atoms with Crippen LogP contribution in [0, 0.1) is 11.3 Å². The fourth-order valence-corrected chi connectivity index (χ4v) is 1.63. The summed E-state index contributed by atoms with van der Waals surface area (Å²) in [7, 11) is 0. The van der Waals surface area contributed by atoms with Gasteiger partial charge in [-0.15, -0.1) is 0 Å². The zero-order chi connectivity index (χ0) is 12.4. The number of rotatable bonds is 2. The van der Waals surface area contributed by atoms with Crippen molar-refractivity contribution in [3.05, 3.63) is 40.2 Å². The number of H-pyrrole nitrogens is 1. The second-order valence-corrected chi connectivity index (χ2v) is 4.03. The third kappa shape index (κ3) is 2.28. The van der Waals surface area contributed by atoms with Gasteiger partial charge in [-0.1, -0.05) is 0 Å². The molecule has 0 radical (unpaired) electrons. The van der Waals surface area contributed by atoms with Crippen LogP contribution in [0.2, 0.25) is 0 Å². The van der Waals surface area contributed by atoms with Gasteiger partial charge >= 0.3 is 0 Å². The summed E-state index contributed by atoms with van der Waals surface area (Å²) in [5.41, 5.74) is 0.731. The van der Waals surface area contributed by atoms with E-state index in [0.717, 1.165) is 0 Å². The third-order valence-corrected chi connectivity index (χ3v) is 2.29. The second-order valence-electron chi connectivity index (χ2n) is 4.03. The Morgan fingerprint density at radius 1 is 1.35 bits per heavy atom. The lowest BCUT2D eigenvalue weighted by Gasteiger charge is -2.10. The van der Waals surface area contributed by atoms with Gasteiger partial charge in [0.05, 0.1) is 11.6 Å². The van der Waals surface area contributed by atoms with E-state index in [1.807, 2.05) is 19.9 Å². The molecule has 0 bridgehead atoms. The predicted octanol–water partition coefficient (Wildman–Crippen LogP) is 2.19. The molecule has 86 valence electrons. The minimum atomic E-state index is -0.176. The average Bonchev–Trinajstić information content (AvgIpc) is 2.29. The maximum Gasteiger partial charge on any atom is 0.190 e. The van der Waals surface area contributed by atoms with E-state index in [1.165, 1.54) is 6.07 Å². The van der Waals surface area contributed by atoms with E-state index in [1.54, 1.807) is 18.2 Å². The van der Waals surface area contributed by atoms with Crippen molar-refractivity contribution < 1.29 is 4.74 Å². The first-order chi connectivity index (χ1) is 8.10. The van der Waals surface area contributed by atoms with Crippen molar-refractivity contribution in [2.24, 2.45) is 0 Å². The van der Waals surface area contributed by atoms with Crippen LogP contribution in [-0.4, -0.2) is 11.1 Å². The number of aromatic amines is 1. The number of nitrogens with zero attached hydrogens (tertiary/aromatic N) is 1. The molecule has 4 nitrogen and oxygen atoms in total. The summed E-state index contributed by atoms with van der Waals surface area (Å²) in [6.45, 7) is 3.85. The highest BCUT2D eigenvalue weighted by atomic mass is 16.5. The van der Waals surface area contributed by atoms with Crippen molar-refractivity contribution in [1.82, 2.24) is 4.98 Å². The summed E-state index contributed by atoms with van der Waals surface area (Å²) in [6.07, 6.45) is 0.0601. The van der Waals surface area contributed by atoms with Crippen LogP contribution in [0.4, 0.5) is 0 Å². The van der Waals surface area contributed by atoms with Crippen molar-refractivity contribution in [1.29, 1.82) is 5.26 Å². The molecule has 0 atom stereocenters. The average molecular weight is 228 g/mol. The predicted molar refractivity (Wildman–Crippen MR) is 65.0 cm³/mol. The lowest BCUT2D eigenvalue weighted by molar-refractivity contribution is 0.243. The summed E-state index contributed by atoms with van der Waals surface area (Å²) in [5.74, 6) is 0.655. The molecule has 0 saturated heterocycles. The standard InChI is InChI=1S/C13H12N2O2/c1-8(2)17-10-3-4-12-11(6-10)13(16)5-9(7-14)15-12/h3-6,8H,1-2H3,(H,15,16). The Labute approximate surface area is 98.5 Å². The first kappa shape index (κ1) is 11.2. The topological polar surface area (TPSA) is 65.9 Å². The van der Waals surface area contributed by atoms with E-state index in [4.69, 9.17) is 10.00 Å². The molecular weight excluding hydrogens is 216 g/mol. The van der Waals surface area contributed by atoms with Crippen LogP contribution in [0.25, 0.3) is 10.9 Å². The third-order valence-electron chi connectivity index (χ3n) is 2.29. The largest absolute Gasteiger partial charge is 0.491 e. The van der Waals surface area contributed by atoms with Crippen LogP contribution in [0.15, 0.2) is 29.1 Å². The number of ether oxygens (including phenoxy) is 1. The van der Waals surface area contributed by atoms with Gasteiger partial charge in [0, 0.05) is 11.5 Å². The number of benzene rings is 1. The van der Waals surface area contributed by atoms with Crippen LogP contribution < -0.4 is 10.2 Å². The summed E-state index contributed by atoms with van der Waals surface area (Å²) < 4.78 is 5.52. The number of hydrogen-bond acceptors (Lipinski definition) is 3. The van der Waals surface area contributed by atoms with Gasteiger partial charge in [0.1, 0.15) is 17.5 Å². The lowest BCUT2D eigenvalue weighted by atomic mass is 10.2. The summed E-state index contributed by atoms with van der Waals surface area (Å²) >= 11 is 0. The van der Waals surface area contributed by atoms with E-state index in [-0.39, 0.29) is 17.2 Å². The van der Waals surface area contributed by atoms with E-state index in [0.29, 0.717) is 16.7 Å². The molecule has 0 spiro atoms. The van der Waals surface area contributed by atoms with Gasteiger partial charge in [-0.05, 0) is 32.0 Å². The van der Waals surface area contributed by atoms with Crippen LogP contribution in [0.1, 0.15) is 19.5 Å². The molecule has 17 heavy (non-hydrogen) atoms. The smallest absolute Gasteiger partial charge is 0.190 e. The summed E-state index contributed by atoms with van der Waals surface area (Å²) in [4.78, 5) is 14.7. The fourth-order valence-electron chi connectivity index (χ4n) is 1.63. The normalized spacial score (nSPS) is 10.5. The molecular formula is C13H12N2O2. The first-order valence-electron chi connectivity index (χ1n) is 5.34. The Bertz CT molecular complexity index is 650. The monoisotopic (exact) mass is 228 g/mol. The van der Waals surface area contributed by atoms with Crippen LogP contribution in [-0.2, 0) is 0 Å². The molecule has 2 aromatic rings. The van der Waals surface area contributed by atoms with Crippen molar-refractivity contribution in [3.63, 3.8) is 0 Å². The Morgan fingerprint density at radius 2 is 2.12 bits per heavy atom. The highest BCUT2D eigenvalue weighted by Crippen LogP contribution is 2.18. The summed E-state index contributed by atoms with van der Waals surface area (Å²) in [5, 5.41) is 9.28. The van der Waals surface area contributed by atoms with Crippen LogP contribution in [0.3, 0.4) is 0 Å². The molecule has 1 heterocycles. The van der Waals surface area contributed by atoms with E-state index < -0.39 is 0 Å². The van der Waals surface area contributed by atoms with Crippen LogP contribution in [0.5, 0.6) is 5.75 Å². The number of aromatic nitrogens is 1. The van der Waals surface area contributed by atoms with Crippen molar-refractivity contribution in [3.8, 4) is 11.8 Å². The van der Waals surface area contributed by atoms with Gasteiger partial charge in [0.25, 0.3) is 0 Å². The zero-order valence-electron chi connectivity index (χ0n) is 9.65. The van der Waals surface area contributed by atoms with Gasteiger partial charge in [-0.3, -0.25) is 4.79 Å². The molecule has 0 aliphatic rings. The van der Waals surface area contributed by atoms with Gasteiger partial charge in [0.15, 0.2) is 5.43 Å². The number of nitrogens with one attached hydrogen (secondary N) is 1. The first-order valence-corrected chi connectivity index (χ1v) is 5.34. The molecule has 0 aliphatic heterocycles. The van der Waals surface area contributed by atoms with Crippen molar-refractivity contribution in [2.45, 2.75) is 20.0 Å². The number of fused-ring (bicyclic) bond motifs is 1. The highest BCUT2D eigenvalue weighted by molar-refractivity contribution is 5.80. The molecule has 0 amide bonds. The Balaban J connectivity index is 2.59. The second kappa shape index (κ2) is 4.30. The lowest BCUT2D eigenvalue weighted by Crippen LogP contribution is -2.07. The zero-order valence-corrected chi connectivity index (χ0v) is 9.65.